The number of fused-ring (bicyclic) bond motifs is 1. The van der Waals surface area contributed by atoms with Crippen molar-refractivity contribution in [3.8, 4) is 10.6 Å². The van der Waals surface area contributed by atoms with Crippen molar-refractivity contribution < 1.29 is 9.59 Å². The number of benzene rings is 1. The number of hydrogen-bond acceptors (Lipinski definition) is 5. The van der Waals surface area contributed by atoms with Gasteiger partial charge in [-0.2, -0.15) is 5.10 Å². The van der Waals surface area contributed by atoms with Crippen molar-refractivity contribution in [3.63, 3.8) is 0 Å². The van der Waals surface area contributed by atoms with Gasteiger partial charge in [0.15, 0.2) is 5.69 Å². The number of hydrogen-bond donors (Lipinski definition) is 3. The molecule has 1 aromatic carbocycles. The van der Waals surface area contributed by atoms with Gasteiger partial charge in [0, 0.05) is 18.0 Å². The maximum absolute atomic E-state index is 12.9. The normalized spacial score (nSPS) is 17.6. The van der Waals surface area contributed by atoms with Crippen molar-refractivity contribution >= 4 is 34.5 Å². The van der Waals surface area contributed by atoms with Crippen molar-refractivity contribution in [2.24, 2.45) is 0 Å². The van der Waals surface area contributed by atoms with E-state index in [0.717, 1.165) is 21.9 Å². The van der Waals surface area contributed by atoms with E-state index in [2.05, 4.69) is 20.8 Å². The summed E-state index contributed by atoms with van der Waals surface area (Å²) in [6, 6.07) is 13.6. The second kappa shape index (κ2) is 6.73. The molecule has 1 saturated heterocycles. The summed E-state index contributed by atoms with van der Waals surface area (Å²) in [5.41, 5.74) is 2.32. The summed E-state index contributed by atoms with van der Waals surface area (Å²) in [7, 11) is 0. The first-order valence-electron chi connectivity index (χ1n) is 9.64. The molecule has 1 spiro atoms. The topological polar surface area (TPSA) is 90.1 Å². The summed E-state index contributed by atoms with van der Waals surface area (Å²) < 4.78 is 0. The Morgan fingerprint density at radius 1 is 1.14 bits per heavy atom. The molecule has 2 amide bonds. The number of anilines is 2. The van der Waals surface area contributed by atoms with E-state index in [0.29, 0.717) is 31.6 Å². The smallest absolute Gasteiger partial charge is 0.274 e. The van der Waals surface area contributed by atoms with Crippen molar-refractivity contribution in [1.82, 2.24) is 15.1 Å². The number of piperidine rings is 1. The highest BCUT2D eigenvalue weighted by molar-refractivity contribution is 7.15. The van der Waals surface area contributed by atoms with Crippen LogP contribution in [0.25, 0.3) is 10.6 Å². The molecule has 2 aliphatic rings. The molecule has 0 saturated carbocycles. The van der Waals surface area contributed by atoms with E-state index in [1.54, 1.807) is 22.3 Å². The summed E-state index contributed by atoms with van der Waals surface area (Å²) in [5, 5.41) is 13.6. The van der Waals surface area contributed by atoms with E-state index >= 15 is 0 Å². The standard InChI is InChI=1S/C21H21N5O2S/c1-13-6-7-18(29-13)16-12-17(25-24-16)19(27)26-10-8-21(9-11-26)20(28)22-14-4-2-3-5-15(14)23-21/h2-7,12,23H,8-11H2,1H3,(H,22,28)(H,24,25). The summed E-state index contributed by atoms with van der Waals surface area (Å²) in [6.07, 6.45) is 1.11. The molecule has 0 unspecified atom stereocenters. The highest BCUT2D eigenvalue weighted by Gasteiger charge is 2.45. The predicted octanol–water partition coefficient (Wildman–Crippen LogP) is 3.49. The van der Waals surface area contributed by atoms with Crippen LogP contribution in [0.3, 0.4) is 0 Å². The third-order valence-corrected chi connectivity index (χ3v) is 6.72. The zero-order valence-corrected chi connectivity index (χ0v) is 16.8. The van der Waals surface area contributed by atoms with Gasteiger partial charge in [-0.1, -0.05) is 12.1 Å². The van der Waals surface area contributed by atoms with Crippen LogP contribution in [0, 0.1) is 6.92 Å². The Morgan fingerprint density at radius 2 is 1.90 bits per heavy atom. The molecular weight excluding hydrogens is 386 g/mol. The van der Waals surface area contributed by atoms with Crippen LogP contribution in [0.4, 0.5) is 11.4 Å². The quantitative estimate of drug-likeness (QED) is 0.607. The number of nitrogens with one attached hydrogen (secondary N) is 3. The lowest BCUT2D eigenvalue weighted by atomic mass is 9.84. The molecule has 0 radical (unpaired) electrons. The Morgan fingerprint density at radius 3 is 2.62 bits per heavy atom. The van der Waals surface area contributed by atoms with Gasteiger partial charge in [0.05, 0.1) is 21.9 Å². The molecule has 1 fully saturated rings. The first-order chi connectivity index (χ1) is 14.0. The maximum atomic E-state index is 12.9. The number of thiophene rings is 1. The minimum absolute atomic E-state index is 0.0292. The van der Waals surface area contributed by atoms with Gasteiger partial charge in [-0.05, 0) is 50.1 Å². The van der Waals surface area contributed by atoms with Crippen LogP contribution in [0.1, 0.15) is 28.2 Å². The monoisotopic (exact) mass is 407 g/mol. The number of carbonyl (C=O) groups is 2. The molecule has 3 N–H and O–H groups in total. The molecule has 29 heavy (non-hydrogen) atoms. The van der Waals surface area contributed by atoms with Crippen LogP contribution < -0.4 is 10.6 Å². The fourth-order valence-electron chi connectivity index (χ4n) is 4.00. The second-order valence-electron chi connectivity index (χ2n) is 7.58. The predicted molar refractivity (Wildman–Crippen MR) is 113 cm³/mol. The molecular formula is C21H21N5O2S. The molecule has 2 aromatic heterocycles. The van der Waals surface area contributed by atoms with Gasteiger partial charge in [-0.15, -0.1) is 11.3 Å². The van der Waals surface area contributed by atoms with Gasteiger partial charge in [0.1, 0.15) is 5.54 Å². The number of nitrogens with zero attached hydrogens (tertiary/aromatic N) is 2. The summed E-state index contributed by atoms with van der Waals surface area (Å²) in [4.78, 5) is 29.7. The number of aromatic nitrogens is 2. The van der Waals surface area contributed by atoms with E-state index in [1.807, 2.05) is 43.3 Å². The minimum Gasteiger partial charge on any atom is -0.369 e. The third-order valence-electron chi connectivity index (χ3n) is 5.69. The van der Waals surface area contributed by atoms with Crippen molar-refractivity contribution in [2.45, 2.75) is 25.3 Å². The van der Waals surface area contributed by atoms with Gasteiger partial charge in [-0.3, -0.25) is 14.7 Å². The average Bonchev–Trinajstić information content (AvgIpc) is 3.38. The Balaban J connectivity index is 1.29. The number of carbonyl (C=O) groups excluding carboxylic acids is 2. The average molecular weight is 407 g/mol. The second-order valence-corrected chi connectivity index (χ2v) is 8.86. The van der Waals surface area contributed by atoms with E-state index in [1.165, 1.54) is 4.88 Å². The molecule has 0 bridgehead atoms. The number of para-hydroxylation sites is 2. The largest absolute Gasteiger partial charge is 0.369 e. The zero-order valence-electron chi connectivity index (χ0n) is 16.0. The number of aryl methyl sites for hydroxylation is 1. The minimum atomic E-state index is -0.670. The lowest BCUT2D eigenvalue weighted by Gasteiger charge is -2.44. The number of rotatable bonds is 2. The van der Waals surface area contributed by atoms with Crippen LogP contribution >= 0.6 is 11.3 Å². The molecule has 148 valence electrons. The SMILES string of the molecule is Cc1ccc(-c2cc(C(=O)N3CCC4(CC3)Nc3ccccc3NC4=O)n[nH]2)s1. The Kier molecular flexibility index (Phi) is 4.16. The zero-order chi connectivity index (χ0) is 20.0. The van der Waals surface area contributed by atoms with Gasteiger partial charge in [0.25, 0.3) is 5.91 Å². The Labute approximate surface area is 172 Å². The lowest BCUT2D eigenvalue weighted by molar-refractivity contribution is -0.122. The number of H-pyrrole nitrogens is 1. The fourth-order valence-corrected chi connectivity index (χ4v) is 4.83. The van der Waals surface area contributed by atoms with Gasteiger partial charge < -0.3 is 15.5 Å². The van der Waals surface area contributed by atoms with Gasteiger partial charge in [-0.25, -0.2) is 0 Å². The van der Waals surface area contributed by atoms with Gasteiger partial charge in [0.2, 0.25) is 5.91 Å². The molecule has 8 heteroatoms. The third kappa shape index (κ3) is 3.09. The number of aromatic amines is 1. The molecule has 7 nitrogen and oxygen atoms in total. The van der Waals surface area contributed by atoms with Crippen LogP contribution in [0.15, 0.2) is 42.5 Å². The van der Waals surface area contributed by atoms with Gasteiger partial charge >= 0.3 is 0 Å². The van der Waals surface area contributed by atoms with Crippen molar-refractivity contribution in [2.75, 3.05) is 23.7 Å². The molecule has 2 aliphatic heterocycles. The summed E-state index contributed by atoms with van der Waals surface area (Å²) >= 11 is 1.66. The van der Waals surface area contributed by atoms with Crippen LogP contribution in [0.2, 0.25) is 0 Å². The highest BCUT2D eigenvalue weighted by atomic mass is 32.1. The highest BCUT2D eigenvalue weighted by Crippen LogP contribution is 2.36. The molecule has 3 aromatic rings. The van der Waals surface area contributed by atoms with Crippen LogP contribution in [-0.4, -0.2) is 45.5 Å². The maximum Gasteiger partial charge on any atom is 0.274 e. The van der Waals surface area contributed by atoms with E-state index in [9.17, 15) is 9.59 Å². The first-order valence-corrected chi connectivity index (χ1v) is 10.5. The molecule has 0 aliphatic carbocycles. The lowest BCUT2D eigenvalue weighted by Crippen LogP contribution is -2.59. The van der Waals surface area contributed by atoms with Crippen LogP contribution in [-0.2, 0) is 4.79 Å². The number of amides is 2. The molecule has 4 heterocycles. The van der Waals surface area contributed by atoms with E-state index in [-0.39, 0.29) is 11.8 Å². The first kappa shape index (κ1) is 17.9. The van der Waals surface area contributed by atoms with Crippen molar-refractivity contribution in [3.05, 3.63) is 53.0 Å². The van der Waals surface area contributed by atoms with E-state index in [4.69, 9.17) is 0 Å². The molecule has 5 rings (SSSR count). The number of likely N-dealkylation sites (tertiary alicyclic amines) is 1. The fraction of sp³-hybridized carbons (Fsp3) is 0.286. The Hall–Kier alpha value is -3.13. The summed E-state index contributed by atoms with van der Waals surface area (Å²) in [5.74, 6) is -0.134. The molecule has 0 atom stereocenters. The Bertz CT molecular complexity index is 1090. The van der Waals surface area contributed by atoms with Crippen LogP contribution in [0.5, 0.6) is 0 Å². The van der Waals surface area contributed by atoms with Crippen molar-refractivity contribution in [1.29, 1.82) is 0 Å². The van der Waals surface area contributed by atoms with E-state index < -0.39 is 5.54 Å². The summed E-state index contributed by atoms with van der Waals surface area (Å²) in [6.45, 7) is 3.05.